The lowest BCUT2D eigenvalue weighted by molar-refractivity contribution is 0.0942. The van der Waals surface area contributed by atoms with Gasteiger partial charge in [-0.2, -0.15) is 0 Å². The summed E-state index contributed by atoms with van der Waals surface area (Å²) in [5, 5.41) is 2.89. The third-order valence-electron chi connectivity index (χ3n) is 4.50. The largest absolute Gasteiger partial charge is 0.492 e. The van der Waals surface area contributed by atoms with Crippen molar-refractivity contribution in [2.24, 2.45) is 0 Å². The molecule has 3 rings (SSSR count). The number of nitrogens with one attached hydrogen (secondary N) is 1. The normalized spacial score (nSPS) is 10.4. The smallest absolute Gasteiger partial charge is 0.255 e. The number of rotatable bonds is 8. The molecular weight excluding hydrogens is 350 g/mol. The Hall–Kier alpha value is -3.27. The fraction of sp³-hybridized carbons (Fsp3) is 0.208. The van der Waals surface area contributed by atoms with Gasteiger partial charge in [-0.3, -0.25) is 4.79 Å². The van der Waals surface area contributed by atoms with Crippen molar-refractivity contribution < 1.29 is 14.3 Å². The minimum atomic E-state index is -0.174. The quantitative estimate of drug-likeness (QED) is 0.581. The highest BCUT2D eigenvalue weighted by molar-refractivity contribution is 5.96. The zero-order chi connectivity index (χ0) is 19.8. The van der Waals surface area contributed by atoms with Gasteiger partial charge in [-0.15, -0.1) is 0 Å². The number of hydrogen-bond acceptors (Lipinski definition) is 3. The van der Waals surface area contributed by atoms with Gasteiger partial charge >= 0.3 is 0 Å². The Labute approximate surface area is 166 Å². The molecule has 1 amide bonds. The summed E-state index contributed by atoms with van der Waals surface area (Å²) in [6.07, 6.45) is 0. The molecule has 4 nitrogen and oxygen atoms in total. The van der Waals surface area contributed by atoms with Gasteiger partial charge in [-0.05, 0) is 54.8 Å². The lowest BCUT2D eigenvalue weighted by Crippen LogP contribution is -2.28. The number of benzene rings is 3. The highest BCUT2D eigenvalue weighted by Crippen LogP contribution is 2.19. The van der Waals surface area contributed by atoms with Gasteiger partial charge in [0.2, 0.25) is 0 Å². The van der Waals surface area contributed by atoms with Gasteiger partial charge in [0.25, 0.3) is 5.91 Å². The molecule has 4 heteroatoms. The molecule has 0 unspecified atom stereocenters. The Balaban J connectivity index is 1.52. The molecule has 0 spiro atoms. The van der Waals surface area contributed by atoms with Gasteiger partial charge in [-0.1, -0.05) is 48.5 Å². The van der Waals surface area contributed by atoms with Gasteiger partial charge < -0.3 is 14.8 Å². The van der Waals surface area contributed by atoms with E-state index in [0.29, 0.717) is 31.1 Å². The third kappa shape index (κ3) is 5.36. The second-order valence-electron chi connectivity index (χ2n) is 6.62. The Morgan fingerprint density at radius 3 is 2.39 bits per heavy atom. The molecule has 0 heterocycles. The maximum atomic E-state index is 12.5. The molecule has 0 saturated heterocycles. The molecule has 0 aliphatic rings. The molecule has 3 aromatic rings. The molecule has 144 valence electrons. The van der Waals surface area contributed by atoms with Gasteiger partial charge in [0, 0.05) is 0 Å². The molecule has 0 bridgehead atoms. The molecule has 0 aliphatic carbocycles. The van der Waals surface area contributed by atoms with E-state index >= 15 is 0 Å². The standard InChI is InChI=1S/C24H25NO3/c1-18-12-13-21(16-19(18)2)27-15-14-25-24(26)22-10-6-7-11-23(22)28-17-20-8-4-3-5-9-20/h3-13,16H,14-15,17H2,1-2H3,(H,25,26). The van der Waals surface area contributed by atoms with Crippen LogP contribution in [0, 0.1) is 13.8 Å². The number of ether oxygens (including phenoxy) is 2. The number of carbonyl (C=O) groups excluding carboxylic acids is 1. The van der Waals surface area contributed by atoms with Gasteiger partial charge in [0.1, 0.15) is 24.7 Å². The molecular formula is C24H25NO3. The average molecular weight is 375 g/mol. The summed E-state index contributed by atoms with van der Waals surface area (Å²) in [6, 6.07) is 23.1. The summed E-state index contributed by atoms with van der Waals surface area (Å²) in [5.41, 5.74) is 3.99. The lowest BCUT2D eigenvalue weighted by atomic mass is 10.1. The summed E-state index contributed by atoms with van der Waals surface area (Å²) in [7, 11) is 0. The fourth-order valence-electron chi connectivity index (χ4n) is 2.75. The highest BCUT2D eigenvalue weighted by atomic mass is 16.5. The number of amides is 1. The lowest BCUT2D eigenvalue weighted by Gasteiger charge is -2.12. The van der Waals surface area contributed by atoms with Crippen LogP contribution in [0.4, 0.5) is 0 Å². The SMILES string of the molecule is Cc1ccc(OCCNC(=O)c2ccccc2OCc2ccccc2)cc1C. The first-order valence-corrected chi connectivity index (χ1v) is 9.37. The minimum Gasteiger partial charge on any atom is -0.492 e. The second kappa shape index (κ2) is 9.60. The first-order chi connectivity index (χ1) is 13.6. The second-order valence-corrected chi connectivity index (χ2v) is 6.62. The van der Waals surface area contributed by atoms with Crippen LogP contribution in [0.25, 0.3) is 0 Å². The zero-order valence-corrected chi connectivity index (χ0v) is 16.3. The van der Waals surface area contributed by atoms with Crippen LogP contribution in [0.15, 0.2) is 72.8 Å². The molecule has 0 aromatic heterocycles. The topological polar surface area (TPSA) is 47.6 Å². The van der Waals surface area contributed by atoms with E-state index in [0.717, 1.165) is 11.3 Å². The maximum Gasteiger partial charge on any atom is 0.255 e. The van der Waals surface area contributed by atoms with Gasteiger partial charge in [0.05, 0.1) is 12.1 Å². The first-order valence-electron chi connectivity index (χ1n) is 9.37. The third-order valence-corrected chi connectivity index (χ3v) is 4.50. The monoisotopic (exact) mass is 375 g/mol. The number of aryl methyl sites for hydroxylation is 2. The molecule has 1 N–H and O–H groups in total. The van der Waals surface area contributed by atoms with E-state index in [1.54, 1.807) is 6.07 Å². The summed E-state index contributed by atoms with van der Waals surface area (Å²) >= 11 is 0. The molecule has 0 radical (unpaired) electrons. The Kier molecular flexibility index (Phi) is 6.68. The van der Waals surface area contributed by atoms with E-state index in [-0.39, 0.29) is 5.91 Å². The van der Waals surface area contributed by atoms with Crippen LogP contribution < -0.4 is 14.8 Å². The van der Waals surface area contributed by atoms with Crippen LogP contribution >= 0.6 is 0 Å². The van der Waals surface area contributed by atoms with Crippen molar-refractivity contribution >= 4 is 5.91 Å². The molecule has 0 fully saturated rings. The molecule has 0 atom stereocenters. The maximum absolute atomic E-state index is 12.5. The van der Waals surface area contributed by atoms with Crippen molar-refractivity contribution in [1.82, 2.24) is 5.32 Å². The van der Waals surface area contributed by atoms with E-state index in [1.165, 1.54) is 11.1 Å². The van der Waals surface area contributed by atoms with Crippen LogP contribution in [-0.2, 0) is 6.61 Å². The minimum absolute atomic E-state index is 0.174. The van der Waals surface area contributed by atoms with Crippen LogP contribution in [0.2, 0.25) is 0 Å². The average Bonchev–Trinajstić information content (AvgIpc) is 2.73. The first kappa shape index (κ1) is 19.5. The summed E-state index contributed by atoms with van der Waals surface area (Å²) in [5.74, 6) is 1.20. The van der Waals surface area contributed by atoms with Crippen LogP contribution in [0.5, 0.6) is 11.5 Å². The summed E-state index contributed by atoms with van der Waals surface area (Å²) in [6.45, 7) is 5.36. The van der Waals surface area contributed by atoms with Crippen molar-refractivity contribution in [2.75, 3.05) is 13.2 Å². The van der Waals surface area contributed by atoms with E-state index < -0.39 is 0 Å². The van der Waals surface area contributed by atoms with Crippen molar-refractivity contribution in [2.45, 2.75) is 20.5 Å². The Morgan fingerprint density at radius 2 is 1.61 bits per heavy atom. The Morgan fingerprint density at radius 1 is 0.857 bits per heavy atom. The van der Waals surface area contributed by atoms with Gasteiger partial charge in [0.15, 0.2) is 0 Å². The van der Waals surface area contributed by atoms with E-state index in [1.807, 2.05) is 66.7 Å². The van der Waals surface area contributed by atoms with Crippen molar-refractivity contribution in [3.63, 3.8) is 0 Å². The van der Waals surface area contributed by atoms with Crippen molar-refractivity contribution in [1.29, 1.82) is 0 Å². The van der Waals surface area contributed by atoms with E-state index in [9.17, 15) is 4.79 Å². The fourth-order valence-corrected chi connectivity index (χ4v) is 2.75. The van der Waals surface area contributed by atoms with Crippen LogP contribution in [-0.4, -0.2) is 19.1 Å². The van der Waals surface area contributed by atoms with Crippen LogP contribution in [0.3, 0.4) is 0 Å². The number of carbonyl (C=O) groups is 1. The Bertz CT molecular complexity index is 922. The van der Waals surface area contributed by atoms with Crippen LogP contribution in [0.1, 0.15) is 27.0 Å². The highest BCUT2D eigenvalue weighted by Gasteiger charge is 2.12. The van der Waals surface area contributed by atoms with Crippen molar-refractivity contribution in [3.05, 3.63) is 95.1 Å². The van der Waals surface area contributed by atoms with E-state index in [4.69, 9.17) is 9.47 Å². The predicted octanol–water partition coefficient (Wildman–Crippen LogP) is 4.69. The summed E-state index contributed by atoms with van der Waals surface area (Å²) < 4.78 is 11.6. The summed E-state index contributed by atoms with van der Waals surface area (Å²) in [4.78, 5) is 12.5. The molecule has 3 aromatic carbocycles. The predicted molar refractivity (Wildman–Crippen MR) is 111 cm³/mol. The molecule has 0 aliphatic heterocycles. The molecule has 0 saturated carbocycles. The zero-order valence-electron chi connectivity index (χ0n) is 16.3. The number of hydrogen-bond donors (Lipinski definition) is 1. The van der Waals surface area contributed by atoms with Gasteiger partial charge in [-0.25, -0.2) is 0 Å². The van der Waals surface area contributed by atoms with Crippen molar-refractivity contribution in [3.8, 4) is 11.5 Å². The molecule has 28 heavy (non-hydrogen) atoms. The number of para-hydroxylation sites is 1. The van der Waals surface area contributed by atoms with E-state index in [2.05, 4.69) is 19.2 Å².